The zero-order valence-electron chi connectivity index (χ0n) is 9.76. The molecule has 0 radical (unpaired) electrons. The van der Waals surface area contributed by atoms with Crippen LogP contribution in [-0.4, -0.2) is 5.78 Å². The summed E-state index contributed by atoms with van der Waals surface area (Å²) in [6.45, 7) is 10.4. The van der Waals surface area contributed by atoms with Crippen molar-refractivity contribution in [2.45, 2.75) is 47.5 Å². The molecule has 0 spiro atoms. The maximum absolute atomic E-state index is 11.2. The van der Waals surface area contributed by atoms with Crippen molar-refractivity contribution in [1.29, 1.82) is 0 Å². The minimum absolute atomic E-state index is 0. The number of carbonyl (C=O) groups is 1. The highest BCUT2D eigenvalue weighted by molar-refractivity contribution is 5.78. The first-order chi connectivity index (χ1) is 5.43. The van der Waals surface area contributed by atoms with Gasteiger partial charge in [-0.3, -0.25) is 4.79 Å². The monoisotopic (exact) mass is 187 g/mol. The van der Waals surface area contributed by atoms with Gasteiger partial charge < -0.3 is 6.15 Å². The molecule has 0 unspecified atom stereocenters. The topological polar surface area (TPSA) is 52.1 Å². The fourth-order valence-corrected chi connectivity index (χ4v) is 1.57. The van der Waals surface area contributed by atoms with Crippen molar-refractivity contribution in [2.24, 2.45) is 17.8 Å². The van der Waals surface area contributed by atoms with Crippen molar-refractivity contribution >= 4 is 5.78 Å². The Morgan fingerprint density at radius 2 is 1.31 bits per heavy atom. The van der Waals surface area contributed by atoms with Crippen LogP contribution in [0.25, 0.3) is 0 Å². The summed E-state index contributed by atoms with van der Waals surface area (Å²) < 4.78 is 0. The van der Waals surface area contributed by atoms with Crippen LogP contribution in [0, 0.1) is 17.8 Å². The highest BCUT2D eigenvalue weighted by Crippen LogP contribution is 2.20. The van der Waals surface area contributed by atoms with Crippen LogP contribution < -0.4 is 6.15 Å². The van der Waals surface area contributed by atoms with E-state index in [2.05, 4.69) is 27.7 Å². The number of carbonyl (C=O) groups excluding carboxylic acids is 1. The van der Waals surface area contributed by atoms with Crippen LogP contribution in [0.4, 0.5) is 0 Å². The summed E-state index contributed by atoms with van der Waals surface area (Å²) in [6, 6.07) is 0. The standard InChI is InChI=1S/C11H22O.H3N/c1-8(2)6-11(10(5)12)7-9(3)4;/h8-9,11H,6-7H2,1-5H3;1H3. The van der Waals surface area contributed by atoms with Crippen molar-refractivity contribution in [3.8, 4) is 0 Å². The molecule has 0 aliphatic heterocycles. The van der Waals surface area contributed by atoms with Crippen LogP contribution in [0.15, 0.2) is 0 Å². The molecule has 0 aromatic rings. The van der Waals surface area contributed by atoms with Crippen LogP contribution in [0.3, 0.4) is 0 Å². The van der Waals surface area contributed by atoms with Crippen molar-refractivity contribution in [2.75, 3.05) is 0 Å². The van der Waals surface area contributed by atoms with Gasteiger partial charge in [-0.2, -0.15) is 0 Å². The molecule has 0 aromatic carbocycles. The number of ketones is 1. The average molecular weight is 187 g/mol. The minimum Gasteiger partial charge on any atom is -0.344 e. The number of rotatable bonds is 5. The molecule has 0 bridgehead atoms. The van der Waals surface area contributed by atoms with E-state index in [-0.39, 0.29) is 6.15 Å². The Morgan fingerprint density at radius 1 is 1.00 bits per heavy atom. The molecule has 13 heavy (non-hydrogen) atoms. The molecule has 0 saturated heterocycles. The fraction of sp³-hybridized carbons (Fsp3) is 0.909. The Kier molecular flexibility index (Phi) is 8.23. The molecule has 2 heteroatoms. The largest absolute Gasteiger partial charge is 0.344 e. The van der Waals surface area contributed by atoms with Gasteiger partial charge in [-0.1, -0.05) is 27.7 Å². The Labute approximate surface area is 82.7 Å². The van der Waals surface area contributed by atoms with Crippen LogP contribution in [-0.2, 0) is 4.79 Å². The second kappa shape index (κ2) is 7.07. The molecule has 0 aromatic heterocycles. The molecule has 0 atom stereocenters. The van der Waals surface area contributed by atoms with E-state index in [9.17, 15) is 4.79 Å². The molecular formula is C11H25NO. The number of Topliss-reactive ketones (excluding diaryl/α,β-unsaturated/α-hetero) is 1. The van der Waals surface area contributed by atoms with Gasteiger partial charge in [-0.15, -0.1) is 0 Å². The van der Waals surface area contributed by atoms with Gasteiger partial charge in [0.25, 0.3) is 0 Å². The van der Waals surface area contributed by atoms with Gasteiger partial charge in [0, 0.05) is 5.92 Å². The third-order valence-corrected chi connectivity index (χ3v) is 2.09. The molecular weight excluding hydrogens is 162 g/mol. The molecule has 80 valence electrons. The van der Waals surface area contributed by atoms with Crippen molar-refractivity contribution in [3.63, 3.8) is 0 Å². The van der Waals surface area contributed by atoms with Crippen LogP contribution in [0.1, 0.15) is 47.5 Å². The van der Waals surface area contributed by atoms with Gasteiger partial charge in [0.15, 0.2) is 0 Å². The Balaban J connectivity index is 0. The first kappa shape index (κ1) is 15.1. The maximum Gasteiger partial charge on any atom is 0.132 e. The zero-order chi connectivity index (χ0) is 9.72. The van der Waals surface area contributed by atoms with Crippen LogP contribution >= 0.6 is 0 Å². The lowest BCUT2D eigenvalue weighted by Crippen LogP contribution is -2.15. The first-order valence-electron chi connectivity index (χ1n) is 4.94. The molecule has 0 rings (SSSR count). The van der Waals surface area contributed by atoms with Gasteiger partial charge in [-0.05, 0) is 31.6 Å². The predicted molar refractivity (Wildman–Crippen MR) is 58.1 cm³/mol. The van der Waals surface area contributed by atoms with E-state index in [1.54, 1.807) is 6.92 Å². The lowest BCUT2D eigenvalue weighted by atomic mass is 9.87. The number of hydrogen-bond donors (Lipinski definition) is 1. The van der Waals surface area contributed by atoms with Crippen molar-refractivity contribution < 1.29 is 4.79 Å². The molecule has 0 heterocycles. The molecule has 0 fully saturated rings. The summed E-state index contributed by atoms with van der Waals surface area (Å²) >= 11 is 0. The predicted octanol–water partition coefficient (Wildman–Crippen LogP) is 3.45. The molecule has 0 aliphatic carbocycles. The Bertz CT molecular complexity index is 131. The SMILES string of the molecule is CC(=O)C(CC(C)C)CC(C)C.N. The summed E-state index contributed by atoms with van der Waals surface area (Å²) in [5.74, 6) is 1.93. The van der Waals surface area contributed by atoms with E-state index in [0.717, 1.165) is 12.8 Å². The van der Waals surface area contributed by atoms with E-state index in [4.69, 9.17) is 0 Å². The van der Waals surface area contributed by atoms with Gasteiger partial charge in [0.2, 0.25) is 0 Å². The molecule has 0 amide bonds. The van der Waals surface area contributed by atoms with Crippen LogP contribution in [0.5, 0.6) is 0 Å². The fourth-order valence-electron chi connectivity index (χ4n) is 1.57. The van der Waals surface area contributed by atoms with E-state index < -0.39 is 0 Å². The molecule has 0 aliphatic rings. The third-order valence-electron chi connectivity index (χ3n) is 2.09. The molecule has 2 nitrogen and oxygen atoms in total. The highest BCUT2D eigenvalue weighted by atomic mass is 16.1. The summed E-state index contributed by atoms with van der Waals surface area (Å²) in [4.78, 5) is 11.2. The van der Waals surface area contributed by atoms with Gasteiger partial charge in [0.05, 0.1) is 0 Å². The maximum atomic E-state index is 11.2. The normalized spacial score (nSPS) is 10.8. The number of hydrogen-bond acceptors (Lipinski definition) is 2. The van der Waals surface area contributed by atoms with Crippen molar-refractivity contribution in [3.05, 3.63) is 0 Å². The quantitative estimate of drug-likeness (QED) is 0.716. The van der Waals surface area contributed by atoms with Gasteiger partial charge in [0.1, 0.15) is 5.78 Å². The second-order valence-corrected chi connectivity index (χ2v) is 4.57. The lowest BCUT2D eigenvalue weighted by molar-refractivity contribution is -0.121. The summed E-state index contributed by atoms with van der Waals surface area (Å²) in [6.07, 6.45) is 2.10. The first-order valence-corrected chi connectivity index (χ1v) is 4.94. The molecule has 0 saturated carbocycles. The summed E-state index contributed by atoms with van der Waals surface area (Å²) in [5, 5.41) is 0. The highest BCUT2D eigenvalue weighted by Gasteiger charge is 2.16. The van der Waals surface area contributed by atoms with E-state index >= 15 is 0 Å². The average Bonchev–Trinajstić information content (AvgIpc) is 1.83. The third kappa shape index (κ3) is 7.97. The van der Waals surface area contributed by atoms with E-state index in [1.807, 2.05) is 0 Å². The zero-order valence-corrected chi connectivity index (χ0v) is 9.76. The van der Waals surface area contributed by atoms with E-state index in [1.165, 1.54) is 0 Å². The second-order valence-electron chi connectivity index (χ2n) is 4.57. The van der Waals surface area contributed by atoms with E-state index in [0.29, 0.717) is 23.5 Å². The smallest absolute Gasteiger partial charge is 0.132 e. The Hall–Kier alpha value is -0.370. The molecule has 3 N–H and O–H groups in total. The summed E-state index contributed by atoms with van der Waals surface area (Å²) in [7, 11) is 0. The minimum atomic E-state index is 0. The summed E-state index contributed by atoms with van der Waals surface area (Å²) in [5.41, 5.74) is 0. The Morgan fingerprint density at radius 3 is 1.46 bits per heavy atom. The van der Waals surface area contributed by atoms with Gasteiger partial charge in [-0.25, -0.2) is 0 Å². The van der Waals surface area contributed by atoms with Gasteiger partial charge >= 0.3 is 0 Å². The van der Waals surface area contributed by atoms with Crippen molar-refractivity contribution in [1.82, 2.24) is 6.15 Å². The lowest BCUT2D eigenvalue weighted by Gasteiger charge is -2.17. The van der Waals surface area contributed by atoms with Crippen LogP contribution in [0.2, 0.25) is 0 Å².